The molecule has 2 aromatic heterocycles. The topological polar surface area (TPSA) is 52.3 Å². The summed E-state index contributed by atoms with van der Waals surface area (Å²) in [6.07, 6.45) is 3.62. The molecule has 0 fully saturated rings. The first-order valence-corrected chi connectivity index (χ1v) is 8.11. The van der Waals surface area contributed by atoms with Crippen molar-refractivity contribution in [3.05, 3.63) is 64.9 Å². The third-order valence-electron chi connectivity index (χ3n) is 3.08. The van der Waals surface area contributed by atoms with Gasteiger partial charge in [0.15, 0.2) is 11.5 Å². The molecule has 4 nitrogen and oxygen atoms in total. The third-order valence-corrected chi connectivity index (χ3v) is 3.94. The zero-order chi connectivity index (χ0) is 16.1. The number of hydrogen-bond acceptors (Lipinski definition) is 5. The first-order valence-electron chi connectivity index (χ1n) is 7.23. The number of thiophene rings is 1. The number of carbonyl (C=O) groups excluding carboxylic acids is 1. The summed E-state index contributed by atoms with van der Waals surface area (Å²) >= 11 is 1.51. The van der Waals surface area contributed by atoms with Crippen molar-refractivity contribution in [1.82, 2.24) is 4.98 Å². The Hall–Kier alpha value is -2.66. The van der Waals surface area contributed by atoms with E-state index < -0.39 is 5.97 Å². The van der Waals surface area contributed by atoms with Gasteiger partial charge < -0.3 is 9.15 Å². The van der Waals surface area contributed by atoms with Crippen molar-refractivity contribution in [1.29, 1.82) is 0 Å². The highest BCUT2D eigenvalue weighted by Crippen LogP contribution is 2.27. The highest BCUT2D eigenvalue weighted by Gasteiger charge is 2.20. The number of carbonyl (C=O) groups is 1. The van der Waals surface area contributed by atoms with Gasteiger partial charge in [-0.15, -0.1) is 11.3 Å². The van der Waals surface area contributed by atoms with E-state index in [9.17, 15) is 4.79 Å². The lowest BCUT2D eigenvalue weighted by Crippen LogP contribution is -2.06. The van der Waals surface area contributed by atoms with Crippen LogP contribution in [0.1, 0.15) is 28.7 Å². The predicted octanol–water partition coefficient (Wildman–Crippen LogP) is 4.75. The third kappa shape index (κ3) is 3.57. The van der Waals surface area contributed by atoms with Gasteiger partial charge in [0.1, 0.15) is 0 Å². The van der Waals surface area contributed by atoms with Gasteiger partial charge in [0.25, 0.3) is 0 Å². The van der Waals surface area contributed by atoms with Crippen LogP contribution in [0.15, 0.2) is 52.3 Å². The Morgan fingerprint density at radius 2 is 2.04 bits per heavy atom. The van der Waals surface area contributed by atoms with Crippen LogP contribution in [0.2, 0.25) is 0 Å². The van der Waals surface area contributed by atoms with Crippen LogP contribution in [0.3, 0.4) is 0 Å². The minimum absolute atomic E-state index is 0.197. The van der Waals surface area contributed by atoms with E-state index in [1.807, 2.05) is 53.9 Å². The average molecular weight is 325 g/mol. The molecule has 23 heavy (non-hydrogen) atoms. The van der Waals surface area contributed by atoms with Crippen LogP contribution in [0, 0.1) is 0 Å². The van der Waals surface area contributed by atoms with Crippen molar-refractivity contribution in [3.63, 3.8) is 0 Å². The quantitative estimate of drug-likeness (QED) is 0.635. The monoisotopic (exact) mass is 325 g/mol. The zero-order valence-corrected chi connectivity index (χ0v) is 13.4. The van der Waals surface area contributed by atoms with E-state index in [1.165, 1.54) is 11.3 Å². The molecule has 0 N–H and O–H groups in total. The summed E-state index contributed by atoms with van der Waals surface area (Å²) in [4.78, 5) is 17.3. The molecular formula is C18H15NO3S. The van der Waals surface area contributed by atoms with Crippen molar-refractivity contribution in [2.24, 2.45) is 0 Å². The highest BCUT2D eigenvalue weighted by molar-refractivity contribution is 7.13. The predicted molar refractivity (Wildman–Crippen MR) is 91.1 cm³/mol. The van der Waals surface area contributed by atoms with Gasteiger partial charge in [0, 0.05) is 0 Å². The van der Waals surface area contributed by atoms with E-state index in [4.69, 9.17) is 9.15 Å². The first kappa shape index (κ1) is 15.2. The molecule has 0 bridgehead atoms. The molecule has 0 atom stereocenters. The summed E-state index contributed by atoms with van der Waals surface area (Å²) in [7, 11) is 0. The minimum atomic E-state index is -0.480. The molecule has 0 saturated heterocycles. The number of aromatic nitrogens is 1. The maximum absolute atomic E-state index is 12.1. The fourth-order valence-electron chi connectivity index (χ4n) is 2.03. The molecule has 0 aliphatic carbocycles. The lowest BCUT2D eigenvalue weighted by molar-refractivity contribution is 0.0519. The summed E-state index contributed by atoms with van der Waals surface area (Å²) in [5.41, 5.74) is 1.21. The lowest BCUT2D eigenvalue weighted by atomic mass is 10.2. The molecule has 0 spiro atoms. The van der Waals surface area contributed by atoms with Crippen molar-refractivity contribution >= 4 is 29.5 Å². The van der Waals surface area contributed by atoms with Crippen molar-refractivity contribution < 1.29 is 13.9 Å². The van der Waals surface area contributed by atoms with Gasteiger partial charge in [-0.1, -0.05) is 42.5 Å². The average Bonchev–Trinajstić information content (AvgIpc) is 3.23. The fraction of sp³-hybridized carbons (Fsp3) is 0.111. The molecule has 1 aromatic carbocycles. The summed E-state index contributed by atoms with van der Waals surface area (Å²) in [5.74, 6) is 0.346. The molecule has 2 heterocycles. The summed E-state index contributed by atoms with van der Waals surface area (Å²) in [5, 5.41) is 1.93. The second kappa shape index (κ2) is 7.07. The largest absolute Gasteiger partial charge is 0.461 e. The van der Waals surface area contributed by atoms with Crippen LogP contribution in [0.25, 0.3) is 22.9 Å². The Labute approximate surface area is 138 Å². The SMILES string of the molecule is CCOC(=O)c1nc(-c2cccs2)oc1/C=C\c1ccccc1. The van der Waals surface area contributed by atoms with Crippen LogP contribution in [-0.2, 0) is 4.74 Å². The molecule has 5 heteroatoms. The first-order chi connectivity index (χ1) is 11.3. The molecule has 0 unspecified atom stereocenters. The van der Waals surface area contributed by atoms with Gasteiger partial charge in [-0.2, -0.15) is 0 Å². The van der Waals surface area contributed by atoms with E-state index >= 15 is 0 Å². The van der Waals surface area contributed by atoms with Gasteiger partial charge in [-0.05, 0) is 30.0 Å². The molecule has 0 radical (unpaired) electrons. The maximum Gasteiger partial charge on any atom is 0.360 e. The van der Waals surface area contributed by atoms with Crippen molar-refractivity contribution in [2.75, 3.05) is 6.61 Å². The highest BCUT2D eigenvalue weighted by atomic mass is 32.1. The number of benzene rings is 1. The normalized spacial score (nSPS) is 11.0. The molecule has 3 aromatic rings. The van der Waals surface area contributed by atoms with Crippen LogP contribution in [0.5, 0.6) is 0 Å². The number of oxazole rings is 1. The van der Waals surface area contributed by atoms with Crippen LogP contribution < -0.4 is 0 Å². The second-order valence-electron chi connectivity index (χ2n) is 4.67. The molecule has 0 amide bonds. The Balaban J connectivity index is 1.96. The molecule has 0 saturated carbocycles. The Morgan fingerprint density at radius 1 is 1.22 bits per heavy atom. The lowest BCUT2D eigenvalue weighted by Gasteiger charge is -1.97. The number of ether oxygens (including phenoxy) is 1. The molecular weight excluding hydrogens is 310 g/mol. The van der Waals surface area contributed by atoms with Crippen molar-refractivity contribution in [3.8, 4) is 10.8 Å². The molecule has 0 aliphatic heterocycles. The van der Waals surface area contributed by atoms with E-state index in [2.05, 4.69) is 4.98 Å². The van der Waals surface area contributed by atoms with Gasteiger partial charge in [0.05, 0.1) is 11.5 Å². The minimum Gasteiger partial charge on any atom is -0.461 e. The van der Waals surface area contributed by atoms with Gasteiger partial charge >= 0.3 is 5.97 Å². The fourth-order valence-corrected chi connectivity index (χ4v) is 2.68. The van der Waals surface area contributed by atoms with E-state index in [-0.39, 0.29) is 5.69 Å². The Kier molecular flexibility index (Phi) is 4.68. The zero-order valence-electron chi connectivity index (χ0n) is 12.6. The number of esters is 1. The summed E-state index contributed by atoms with van der Waals surface area (Å²) < 4.78 is 10.8. The standard InChI is InChI=1S/C18H15NO3S/c1-2-21-18(20)16-14(11-10-13-7-4-3-5-8-13)22-17(19-16)15-9-6-12-23-15/h3-12H,2H2,1H3/b11-10-. The van der Waals surface area contributed by atoms with Crippen LogP contribution in [0.4, 0.5) is 0 Å². The second-order valence-corrected chi connectivity index (χ2v) is 5.62. The van der Waals surface area contributed by atoms with E-state index in [1.54, 1.807) is 13.0 Å². The maximum atomic E-state index is 12.1. The van der Waals surface area contributed by atoms with Gasteiger partial charge in [0.2, 0.25) is 5.89 Å². The van der Waals surface area contributed by atoms with Gasteiger partial charge in [-0.25, -0.2) is 9.78 Å². The Morgan fingerprint density at radius 3 is 2.74 bits per heavy atom. The number of nitrogens with zero attached hydrogens (tertiary/aromatic N) is 1. The van der Waals surface area contributed by atoms with E-state index in [0.717, 1.165) is 10.4 Å². The summed E-state index contributed by atoms with van der Waals surface area (Å²) in [6, 6.07) is 13.6. The van der Waals surface area contributed by atoms with Crippen LogP contribution in [-0.4, -0.2) is 17.6 Å². The molecule has 0 aliphatic rings. The summed E-state index contributed by atoms with van der Waals surface area (Å²) in [6.45, 7) is 2.06. The number of rotatable bonds is 5. The molecule has 3 rings (SSSR count). The van der Waals surface area contributed by atoms with E-state index in [0.29, 0.717) is 18.3 Å². The van der Waals surface area contributed by atoms with Crippen LogP contribution >= 0.6 is 11.3 Å². The molecule has 116 valence electrons. The Bertz CT molecular complexity index is 804. The van der Waals surface area contributed by atoms with Gasteiger partial charge in [-0.3, -0.25) is 0 Å². The number of hydrogen-bond donors (Lipinski definition) is 0. The smallest absolute Gasteiger partial charge is 0.360 e. The van der Waals surface area contributed by atoms with Crippen molar-refractivity contribution in [2.45, 2.75) is 6.92 Å².